The van der Waals surface area contributed by atoms with Crippen LogP contribution in [0.25, 0.3) is 0 Å². The zero-order valence-corrected chi connectivity index (χ0v) is 9.82. The number of amides is 1. The predicted molar refractivity (Wildman–Crippen MR) is 59.4 cm³/mol. The van der Waals surface area contributed by atoms with Gasteiger partial charge in [0, 0.05) is 13.2 Å². The Bertz CT molecular complexity index is 219. The maximum absolute atomic E-state index is 11.7. The third-order valence-corrected chi connectivity index (χ3v) is 3.09. The highest BCUT2D eigenvalue weighted by molar-refractivity contribution is 5.82. The summed E-state index contributed by atoms with van der Waals surface area (Å²) in [5, 5.41) is 2.98. The minimum Gasteiger partial charge on any atom is -0.381 e. The Morgan fingerprint density at radius 3 is 2.60 bits per heavy atom. The van der Waals surface area contributed by atoms with Crippen molar-refractivity contribution in [3.63, 3.8) is 0 Å². The summed E-state index contributed by atoms with van der Waals surface area (Å²) in [4.78, 5) is 11.7. The summed E-state index contributed by atoms with van der Waals surface area (Å²) in [6, 6.07) is -0.154. The van der Waals surface area contributed by atoms with Gasteiger partial charge in [0.1, 0.15) is 0 Å². The van der Waals surface area contributed by atoms with Crippen LogP contribution in [0.5, 0.6) is 0 Å². The Kier molecular flexibility index (Phi) is 4.54. The predicted octanol–water partition coefficient (Wildman–Crippen LogP) is 0.653. The van der Waals surface area contributed by atoms with Gasteiger partial charge in [0.15, 0.2) is 0 Å². The van der Waals surface area contributed by atoms with E-state index in [-0.39, 0.29) is 17.9 Å². The number of nitrogens with one attached hydrogen (secondary N) is 1. The van der Waals surface area contributed by atoms with Gasteiger partial charge in [-0.2, -0.15) is 0 Å². The van der Waals surface area contributed by atoms with Crippen LogP contribution in [0.3, 0.4) is 0 Å². The molecule has 1 aliphatic carbocycles. The summed E-state index contributed by atoms with van der Waals surface area (Å²) in [6.45, 7) is 3.91. The molecule has 0 bridgehead atoms. The number of hydrogen-bond acceptors (Lipinski definition) is 3. The minimum absolute atomic E-state index is 0.0354. The van der Waals surface area contributed by atoms with Gasteiger partial charge in [-0.1, -0.05) is 13.8 Å². The molecule has 1 fully saturated rings. The second-order valence-corrected chi connectivity index (χ2v) is 4.65. The lowest BCUT2D eigenvalue weighted by Gasteiger charge is -2.19. The summed E-state index contributed by atoms with van der Waals surface area (Å²) in [6.07, 6.45) is 3.23. The number of carbonyl (C=O) groups excluding carboxylic acids is 1. The van der Waals surface area contributed by atoms with E-state index in [1.165, 1.54) is 0 Å². The van der Waals surface area contributed by atoms with Gasteiger partial charge >= 0.3 is 0 Å². The number of ether oxygens (including phenoxy) is 1. The van der Waals surface area contributed by atoms with Crippen molar-refractivity contribution in [3.8, 4) is 0 Å². The van der Waals surface area contributed by atoms with Crippen LogP contribution >= 0.6 is 0 Å². The fourth-order valence-corrected chi connectivity index (χ4v) is 1.89. The van der Waals surface area contributed by atoms with Crippen molar-refractivity contribution >= 4 is 5.91 Å². The van der Waals surface area contributed by atoms with Crippen LogP contribution in [0.2, 0.25) is 0 Å². The SMILES string of the molecule is COC1CCC(NC(=O)[C@H](N)C(C)C)C1. The third kappa shape index (κ3) is 3.47. The molecule has 0 aromatic heterocycles. The Balaban J connectivity index is 2.33. The molecule has 2 unspecified atom stereocenters. The van der Waals surface area contributed by atoms with Gasteiger partial charge in [-0.15, -0.1) is 0 Å². The maximum atomic E-state index is 11.7. The second-order valence-electron chi connectivity index (χ2n) is 4.65. The van der Waals surface area contributed by atoms with Gasteiger partial charge in [-0.05, 0) is 25.2 Å². The minimum atomic E-state index is -0.397. The molecule has 1 saturated carbocycles. The van der Waals surface area contributed by atoms with Crippen molar-refractivity contribution in [2.45, 2.75) is 51.3 Å². The first-order valence-electron chi connectivity index (χ1n) is 5.63. The lowest BCUT2D eigenvalue weighted by atomic mass is 10.0. The first-order chi connectivity index (χ1) is 7.04. The van der Waals surface area contributed by atoms with E-state index in [1.54, 1.807) is 7.11 Å². The van der Waals surface area contributed by atoms with Crippen molar-refractivity contribution < 1.29 is 9.53 Å². The summed E-state index contributed by atoms with van der Waals surface area (Å²) in [7, 11) is 1.72. The van der Waals surface area contributed by atoms with E-state index in [1.807, 2.05) is 13.8 Å². The fraction of sp³-hybridized carbons (Fsp3) is 0.909. The van der Waals surface area contributed by atoms with Crippen LogP contribution in [0.15, 0.2) is 0 Å². The quantitative estimate of drug-likeness (QED) is 0.722. The molecule has 15 heavy (non-hydrogen) atoms. The molecule has 0 heterocycles. The molecule has 0 aromatic carbocycles. The molecule has 3 atom stereocenters. The van der Waals surface area contributed by atoms with Gasteiger partial charge in [0.25, 0.3) is 0 Å². The molecular weight excluding hydrogens is 192 g/mol. The molecule has 4 nitrogen and oxygen atoms in total. The third-order valence-electron chi connectivity index (χ3n) is 3.09. The highest BCUT2D eigenvalue weighted by atomic mass is 16.5. The monoisotopic (exact) mass is 214 g/mol. The first-order valence-corrected chi connectivity index (χ1v) is 5.63. The molecule has 0 radical (unpaired) electrons. The number of rotatable bonds is 4. The number of methoxy groups -OCH3 is 1. The molecule has 3 N–H and O–H groups in total. The smallest absolute Gasteiger partial charge is 0.237 e. The largest absolute Gasteiger partial charge is 0.381 e. The zero-order valence-electron chi connectivity index (χ0n) is 9.82. The summed E-state index contributed by atoms with van der Waals surface area (Å²) in [5.41, 5.74) is 5.76. The molecule has 1 aliphatic rings. The molecule has 1 amide bonds. The van der Waals surface area contributed by atoms with Crippen LogP contribution in [-0.2, 0) is 9.53 Å². The molecule has 88 valence electrons. The van der Waals surface area contributed by atoms with Gasteiger partial charge in [-0.25, -0.2) is 0 Å². The van der Waals surface area contributed by atoms with E-state index in [0.29, 0.717) is 6.10 Å². The summed E-state index contributed by atoms with van der Waals surface area (Å²) < 4.78 is 5.25. The van der Waals surface area contributed by atoms with Gasteiger partial charge in [0.2, 0.25) is 5.91 Å². The van der Waals surface area contributed by atoms with E-state index in [2.05, 4.69) is 5.32 Å². The standard InChI is InChI=1S/C11H22N2O2/c1-7(2)10(12)11(14)13-8-4-5-9(6-8)15-3/h7-10H,4-6,12H2,1-3H3,(H,13,14)/t8?,9?,10-/m1/s1. The average Bonchev–Trinajstić information content (AvgIpc) is 2.64. The highest BCUT2D eigenvalue weighted by Crippen LogP contribution is 2.21. The van der Waals surface area contributed by atoms with Crippen LogP contribution in [-0.4, -0.2) is 31.2 Å². The van der Waals surface area contributed by atoms with E-state index >= 15 is 0 Å². The normalized spacial score (nSPS) is 28.1. The highest BCUT2D eigenvalue weighted by Gasteiger charge is 2.27. The molecular formula is C11H22N2O2. The van der Waals surface area contributed by atoms with Gasteiger partial charge < -0.3 is 15.8 Å². The number of carbonyl (C=O) groups is 1. The zero-order chi connectivity index (χ0) is 11.4. The Hall–Kier alpha value is -0.610. The lowest BCUT2D eigenvalue weighted by molar-refractivity contribution is -0.123. The average molecular weight is 214 g/mol. The Morgan fingerprint density at radius 1 is 1.47 bits per heavy atom. The molecule has 0 saturated heterocycles. The van der Waals surface area contributed by atoms with E-state index in [0.717, 1.165) is 19.3 Å². The molecule has 4 heteroatoms. The first kappa shape index (κ1) is 12.5. The van der Waals surface area contributed by atoms with Crippen molar-refractivity contribution in [2.24, 2.45) is 11.7 Å². The van der Waals surface area contributed by atoms with E-state index < -0.39 is 6.04 Å². The molecule has 0 spiro atoms. The lowest BCUT2D eigenvalue weighted by Crippen LogP contribution is -2.47. The molecule has 0 aromatic rings. The van der Waals surface area contributed by atoms with Crippen LogP contribution in [0.1, 0.15) is 33.1 Å². The van der Waals surface area contributed by atoms with Crippen molar-refractivity contribution in [3.05, 3.63) is 0 Å². The van der Waals surface area contributed by atoms with Crippen LogP contribution in [0.4, 0.5) is 0 Å². The van der Waals surface area contributed by atoms with Crippen molar-refractivity contribution in [1.29, 1.82) is 0 Å². The van der Waals surface area contributed by atoms with Gasteiger partial charge in [-0.3, -0.25) is 4.79 Å². The molecule has 1 rings (SSSR count). The summed E-state index contributed by atoms with van der Waals surface area (Å²) in [5.74, 6) is 0.149. The Morgan fingerprint density at radius 2 is 2.13 bits per heavy atom. The van der Waals surface area contributed by atoms with Crippen LogP contribution in [0, 0.1) is 5.92 Å². The maximum Gasteiger partial charge on any atom is 0.237 e. The number of hydrogen-bond donors (Lipinski definition) is 2. The summed E-state index contributed by atoms with van der Waals surface area (Å²) >= 11 is 0. The Labute approximate surface area is 91.5 Å². The molecule has 0 aliphatic heterocycles. The topological polar surface area (TPSA) is 64.3 Å². The van der Waals surface area contributed by atoms with Crippen molar-refractivity contribution in [2.75, 3.05) is 7.11 Å². The van der Waals surface area contributed by atoms with Crippen molar-refractivity contribution in [1.82, 2.24) is 5.32 Å². The van der Waals surface area contributed by atoms with E-state index in [4.69, 9.17) is 10.5 Å². The van der Waals surface area contributed by atoms with Gasteiger partial charge in [0.05, 0.1) is 12.1 Å². The van der Waals surface area contributed by atoms with E-state index in [9.17, 15) is 4.79 Å². The second kappa shape index (κ2) is 5.47. The number of nitrogens with two attached hydrogens (primary N) is 1. The fourth-order valence-electron chi connectivity index (χ4n) is 1.89. The van der Waals surface area contributed by atoms with Crippen LogP contribution < -0.4 is 11.1 Å².